The molecule has 6 nitrogen and oxygen atoms in total. The Balaban J connectivity index is 2.28. The van der Waals surface area contributed by atoms with Crippen molar-refractivity contribution in [3.05, 3.63) is 35.7 Å². The summed E-state index contributed by atoms with van der Waals surface area (Å²) in [6, 6.07) is 8.96. The number of phenolic OH excluding ortho intramolecular Hbond substituents is 1. The molecule has 0 amide bonds. The maximum atomic E-state index is 9.92. The Bertz CT molecular complexity index is 865. The Kier molecular flexibility index (Phi) is 2.65. The minimum atomic E-state index is 0.185. The Morgan fingerprint density at radius 1 is 1.35 bits per heavy atom. The summed E-state index contributed by atoms with van der Waals surface area (Å²) >= 11 is 0. The first-order valence-electron chi connectivity index (χ1n) is 6.04. The van der Waals surface area contributed by atoms with Gasteiger partial charge in [-0.25, -0.2) is 4.68 Å². The predicted molar refractivity (Wildman–Crippen MR) is 76.0 cm³/mol. The lowest BCUT2D eigenvalue weighted by molar-refractivity contribution is 0.481. The third kappa shape index (κ3) is 1.70. The van der Waals surface area contributed by atoms with Crippen molar-refractivity contribution in [2.45, 2.75) is 6.92 Å². The molecular formula is C13H10BN5O. The van der Waals surface area contributed by atoms with Crippen molar-refractivity contribution in [1.82, 2.24) is 20.0 Å². The van der Waals surface area contributed by atoms with Crippen molar-refractivity contribution in [2.75, 3.05) is 0 Å². The van der Waals surface area contributed by atoms with E-state index in [4.69, 9.17) is 5.26 Å². The Hall–Kier alpha value is -2.88. The predicted octanol–water partition coefficient (Wildman–Crippen LogP) is -0.0404. The summed E-state index contributed by atoms with van der Waals surface area (Å²) in [7, 11) is 1.80. The van der Waals surface area contributed by atoms with Crippen LogP contribution < -0.4 is 5.46 Å². The summed E-state index contributed by atoms with van der Waals surface area (Å²) in [5.41, 5.74) is 2.49. The van der Waals surface area contributed by atoms with Crippen LogP contribution in [0.25, 0.3) is 16.7 Å². The highest BCUT2D eigenvalue weighted by molar-refractivity contribution is 6.33. The van der Waals surface area contributed by atoms with Gasteiger partial charge in [-0.2, -0.15) is 10.4 Å². The molecule has 0 atom stereocenters. The lowest BCUT2D eigenvalue weighted by atomic mass is 9.95. The van der Waals surface area contributed by atoms with Crippen LogP contribution in [0.2, 0.25) is 0 Å². The van der Waals surface area contributed by atoms with Gasteiger partial charge >= 0.3 is 0 Å². The summed E-state index contributed by atoms with van der Waals surface area (Å²) in [4.78, 5) is 0. The van der Waals surface area contributed by atoms with Gasteiger partial charge in [-0.3, -0.25) is 0 Å². The smallest absolute Gasteiger partial charge is 0.175 e. The molecular weight excluding hydrogens is 253 g/mol. The van der Waals surface area contributed by atoms with Crippen molar-refractivity contribution in [1.29, 1.82) is 5.26 Å². The van der Waals surface area contributed by atoms with Gasteiger partial charge in [0.05, 0.1) is 16.6 Å². The van der Waals surface area contributed by atoms with Gasteiger partial charge in [0.1, 0.15) is 19.7 Å². The van der Waals surface area contributed by atoms with Crippen LogP contribution in [0.5, 0.6) is 5.75 Å². The molecule has 20 heavy (non-hydrogen) atoms. The molecule has 3 rings (SSSR count). The van der Waals surface area contributed by atoms with Crippen molar-refractivity contribution in [3.63, 3.8) is 0 Å². The molecule has 0 saturated carbocycles. The van der Waals surface area contributed by atoms with Crippen LogP contribution in [0, 0.1) is 18.3 Å². The van der Waals surface area contributed by atoms with E-state index >= 15 is 0 Å². The van der Waals surface area contributed by atoms with Gasteiger partial charge in [-0.15, -0.1) is 10.2 Å². The van der Waals surface area contributed by atoms with E-state index in [-0.39, 0.29) is 5.75 Å². The molecule has 1 aromatic carbocycles. The SMILES string of the molecule is Bc1cc(-n2nc(C)c3c(O)cccc32)nnc1C#N. The molecule has 0 spiro atoms. The van der Waals surface area contributed by atoms with Crippen LogP contribution >= 0.6 is 0 Å². The first-order valence-corrected chi connectivity index (χ1v) is 6.04. The fourth-order valence-corrected chi connectivity index (χ4v) is 2.19. The maximum absolute atomic E-state index is 9.92. The number of fused-ring (bicyclic) bond motifs is 1. The van der Waals surface area contributed by atoms with Gasteiger partial charge in [0.15, 0.2) is 11.5 Å². The summed E-state index contributed by atoms with van der Waals surface area (Å²) in [6.07, 6.45) is 0. The average molecular weight is 263 g/mol. The molecule has 3 aromatic rings. The van der Waals surface area contributed by atoms with Gasteiger partial charge in [-0.05, 0) is 30.6 Å². The van der Waals surface area contributed by atoms with Crippen molar-refractivity contribution in [2.24, 2.45) is 0 Å². The first kappa shape index (κ1) is 12.2. The van der Waals surface area contributed by atoms with Crippen LogP contribution in [-0.2, 0) is 0 Å². The maximum Gasteiger partial charge on any atom is 0.175 e. The van der Waals surface area contributed by atoms with Crippen LogP contribution in [0.3, 0.4) is 0 Å². The fraction of sp³-hybridized carbons (Fsp3) is 0.0769. The Morgan fingerprint density at radius 2 is 2.15 bits per heavy atom. The number of hydrogen-bond acceptors (Lipinski definition) is 5. The number of benzene rings is 1. The average Bonchev–Trinajstić information content (AvgIpc) is 2.77. The quantitative estimate of drug-likeness (QED) is 0.622. The molecule has 96 valence electrons. The van der Waals surface area contributed by atoms with Crippen molar-refractivity contribution in [3.8, 4) is 17.6 Å². The second kappa shape index (κ2) is 4.35. The van der Waals surface area contributed by atoms with Crippen LogP contribution in [0.4, 0.5) is 0 Å². The van der Waals surface area contributed by atoms with E-state index in [0.29, 0.717) is 22.6 Å². The molecule has 0 saturated heterocycles. The molecule has 0 bridgehead atoms. The molecule has 2 aromatic heterocycles. The second-order valence-electron chi connectivity index (χ2n) is 4.51. The highest BCUT2D eigenvalue weighted by Crippen LogP contribution is 2.28. The zero-order chi connectivity index (χ0) is 14.3. The molecule has 0 aliphatic heterocycles. The molecule has 0 fully saturated rings. The van der Waals surface area contributed by atoms with Crippen molar-refractivity contribution < 1.29 is 5.11 Å². The van der Waals surface area contributed by atoms with E-state index < -0.39 is 0 Å². The molecule has 0 aliphatic rings. The van der Waals surface area contributed by atoms with Gasteiger partial charge in [0.2, 0.25) is 0 Å². The lowest BCUT2D eigenvalue weighted by Crippen LogP contribution is -2.15. The van der Waals surface area contributed by atoms with Crippen LogP contribution in [0.1, 0.15) is 11.4 Å². The molecule has 0 unspecified atom stereocenters. The number of aryl methyl sites for hydroxylation is 1. The molecule has 0 radical (unpaired) electrons. The van der Waals surface area contributed by atoms with E-state index in [1.165, 1.54) is 0 Å². The van der Waals surface area contributed by atoms with Gasteiger partial charge in [0, 0.05) is 0 Å². The minimum absolute atomic E-state index is 0.185. The van der Waals surface area contributed by atoms with Gasteiger partial charge in [0.25, 0.3) is 0 Å². The lowest BCUT2D eigenvalue weighted by Gasteiger charge is -2.03. The van der Waals surface area contributed by atoms with E-state index in [1.807, 2.05) is 19.1 Å². The highest BCUT2D eigenvalue weighted by Gasteiger charge is 2.14. The minimum Gasteiger partial charge on any atom is -0.507 e. The number of nitrogens with zero attached hydrogens (tertiary/aromatic N) is 5. The van der Waals surface area contributed by atoms with E-state index in [0.717, 1.165) is 11.0 Å². The summed E-state index contributed by atoms with van der Waals surface area (Å²) < 4.78 is 1.62. The third-order valence-corrected chi connectivity index (χ3v) is 3.15. The number of nitriles is 1. The topological polar surface area (TPSA) is 87.6 Å². The second-order valence-corrected chi connectivity index (χ2v) is 4.51. The Labute approximate surface area is 115 Å². The first-order chi connectivity index (χ1) is 9.61. The Morgan fingerprint density at radius 3 is 2.85 bits per heavy atom. The van der Waals surface area contributed by atoms with E-state index in [2.05, 4.69) is 15.3 Å². The summed E-state index contributed by atoms with van der Waals surface area (Å²) in [5, 5.41) is 31.8. The molecule has 2 heterocycles. The zero-order valence-corrected chi connectivity index (χ0v) is 11.0. The fourth-order valence-electron chi connectivity index (χ4n) is 2.19. The standard InChI is InChI=1S/C13H10BN5O/c1-7-13-10(3-2-4-11(13)20)19(18-7)12-5-8(14)9(6-15)16-17-12/h2-5,20H,14H2,1H3. The summed E-state index contributed by atoms with van der Waals surface area (Å²) in [5.74, 6) is 0.703. The number of rotatable bonds is 1. The largest absolute Gasteiger partial charge is 0.507 e. The molecule has 1 N–H and O–H groups in total. The van der Waals surface area contributed by atoms with E-state index in [1.54, 1.807) is 30.7 Å². The van der Waals surface area contributed by atoms with Gasteiger partial charge in [-0.1, -0.05) is 6.07 Å². The van der Waals surface area contributed by atoms with E-state index in [9.17, 15) is 5.11 Å². The number of aromatic nitrogens is 4. The zero-order valence-electron chi connectivity index (χ0n) is 11.0. The molecule has 7 heteroatoms. The number of aromatic hydroxyl groups is 1. The monoisotopic (exact) mass is 263 g/mol. The number of phenols is 1. The molecule has 0 aliphatic carbocycles. The normalized spacial score (nSPS) is 10.6. The summed E-state index contributed by atoms with van der Waals surface area (Å²) in [6.45, 7) is 1.82. The number of hydrogen-bond donors (Lipinski definition) is 1. The van der Waals surface area contributed by atoms with Crippen LogP contribution in [0.15, 0.2) is 24.3 Å². The van der Waals surface area contributed by atoms with Crippen LogP contribution in [-0.4, -0.2) is 32.9 Å². The van der Waals surface area contributed by atoms with Gasteiger partial charge < -0.3 is 5.11 Å². The van der Waals surface area contributed by atoms with Crippen molar-refractivity contribution >= 4 is 24.2 Å². The third-order valence-electron chi connectivity index (χ3n) is 3.15. The highest BCUT2D eigenvalue weighted by atomic mass is 16.3.